The van der Waals surface area contributed by atoms with Gasteiger partial charge in [0.25, 0.3) is 5.91 Å². The van der Waals surface area contributed by atoms with Crippen LogP contribution in [0.2, 0.25) is 10.2 Å². The molecule has 0 fully saturated rings. The molecule has 0 radical (unpaired) electrons. The van der Waals surface area contributed by atoms with Crippen LogP contribution >= 0.6 is 23.2 Å². The van der Waals surface area contributed by atoms with Gasteiger partial charge in [-0.1, -0.05) is 59.3 Å². The molecule has 1 N–H and O–H groups in total. The van der Waals surface area contributed by atoms with Gasteiger partial charge >= 0.3 is 6.18 Å². The topological polar surface area (TPSA) is 46.9 Å². The number of alkyl halides is 3. The molecule has 31 heavy (non-hydrogen) atoms. The Kier molecular flexibility index (Phi) is 6.94. The second kappa shape index (κ2) is 9.46. The van der Waals surface area contributed by atoms with Crippen molar-refractivity contribution in [1.82, 2.24) is 15.1 Å². The van der Waals surface area contributed by atoms with E-state index < -0.39 is 17.6 Å². The molecular formula is C22H16Cl2F3N3O. The van der Waals surface area contributed by atoms with Crippen molar-refractivity contribution in [2.75, 3.05) is 6.54 Å². The molecule has 4 nitrogen and oxygen atoms in total. The highest BCUT2D eigenvalue weighted by atomic mass is 35.5. The number of nitrogens with zero attached hydrogens (tertiary/aromatic N) is 2. The number of benzene rings is 2. The highest BCUT2D eigenvalue weighted by molar-refractivity contribution is 6.33. The molecule has 1 heterocycles. The van der Waals surface area contributed by atoms with E-state index in [4.69, 9.17) is 23.2 Å². The second-order valence-electron chi connectivity index (χ2n) is 6.56. The molecule has 0 spiro atoms. The predicted molar refractivity (Wildman–Crippen MR) is 113 cm³/mol. The summed E-state index contributed by atoms with van der Waals surface area (Å²) in [7, 11) is 0. The molecule has 0 saturated carbocycles. The average molecular weight is 466 g/mol. The SMILES string of the molecule is Cc1nn(Cc2ccccc2Cl)c(Cl)c1C(=O)NCC#Cc1cccc(C(F)(F)F)c1. The van der Waals surface area contributed by atoms with E-state index in [0.717, 1.165) is 17.7 Å². The van der Waals surface area contributed by atoms with Gasteiger partial charge in [0.05, 0.1) is 29.9 Å². The number of rotatable bonds is 4. The third-order valence-electron chi connectivity index (χ3n) is 4.33. The van der Waals surface area contributed by atoms with Crippen LogP contribution in [0.4, 0.5) is 13.2 Å². The summed E-state index contributed by atoms with van der Waals surface area (Å²) in [5, 5.41) is 7.60. The fourth-order valence-corrected chi connectivity index (χ4v) is 3.35. The largest absolute Gasteiger partial charge is 0.416 e. The van der Waals surface area contributed by atoms with Crippen molar-refractivity contribution in [1.29, 1.82) is 0 Å². The fourth-order valence-electron chi connectivity index (χ4n) is 2.84. The van der Waals surface area contributed by atoms with Crippen LogP contribution in [-0.4, -0.2) is 22.2 Å². The van der Waals surface area contributed by atoms with Crippen LogP contribution in [0.3, 0.4) is 0 Å². The van der Waals surface area contributed by atoms with Crippen molar-refractivity contribution in [3.63, 3.8) is 0 Å². The minimum Gasteiger partial charge on any atom is -0.341 e. The molecule has 0 aliphatic rings. The Labute approximate surface area is 187 Å². The van der Waals surface area contributed by atoms with Crippen LogP contribution in [0, 0.1) is 18.8 Å². The zero-order valence-corrected chi connectivity index (χ0v) is 17.7. The summed E-state index contributed by atoms with van der Waals surface area (Å²) in [6.45, 7) is 1.88. The number of hydrogen-bond donors (Lipinski definition) is 1. The number of nitrogens with one attached hydrogen (secondary N) is 1. The van der Waals surface area contributed by atoms with E-state index in [1.54, 1.807) is 19.1 Å². The van der Waals surface area contributed by atoms with E-state index in [-0.39, 0.29) is 22.8 Å². The van der Waals surface area contributed by atoms with E-state index in [0.29, 0.717) is 17.3 Å². The summed E-state index contributed by atoms with van der Waals surface area (Å²) in [6.07, 6.45) is -4.44. The molecule has 160 valence electrons. The van der Waals surface area contributed by atoms with Crippen LogP contribution in [0.15, 0.2) is 48.5 Å². The van der Waals surface area contributed by atoms with E-state index in [9.17, 15) is 18.0 Å². The molecule has 0 unspecified atom stereocenters. The maximum Gasteiger partial charge on any atom is 0.416 e. The lowest BCUT2D eigenvalue weighted by Crippen LogP contribution is -2.24. The highest BCUT2D eigenvalue weighted by Crippen LogP contribution is 2.29. The first-order chi connectivity index (χ1) is 14.7. The number of aryl methyl sites for hydroxylation is 1. The van der Waals surface area contributed by atoms with Crippen LogP contribution in [0.25, 0.3) is 0 Å². The average Bonchev–Trinajstić information content (AvgIpc) is 2.99. The number of aromatic nitrogens is 2. The lowest BCUT2D eigenvalue weighted by Gasteiger charge is -2.06. The fraction of sp³-hybridized carbons (Fsp3) is 0.182. The third-order valence-corrected chi connectivity index (χ3v) is 5.08. The van der Waals surface area contributed by atoms with Gasteiger partial charge < -0.3 is 5.32 Å². The van der Waals surface area contributed by atoms with Crippen LogP contribution < -0.4 is 5.32 Å². The first-order valence-electron chi connectivity index (χ1n) is 9.07. The molecule has 9 heteroatoms. The van der Waals surface area contributed by atoms with Gasteiger partial charge in [-0.15, -0.1) is 0 Å². The van der Waals surface area contributed by atoms with Gasteiger partial charge in [-0.05, 0) is 36.8 Å². The molecular weight excluding hydrogens is 450 g/mol. The summed E-state index contributed by atoms with van der Waals surface area (Å²) in [4.78, 5) is 12.5. The van der Waals surface area contributed by atoms with Crippen LogP contribution in [0.1, 0.15) is 32.7 Å². The lowest BCUT2D eigenvalue weighted by molar-refractivity contribution is -0.137. The molecule has 2 aromatic carbocycles. The lowest BCUT2D eigenvalue weighted by atomic mass is 10.1. The monoisotopic (exact) mass is 465 g/mol. The van der Waals surface area contributed by atoms with Gasteiger partial charge in [0.2, 0.25) is 0 Å². The Morgan fingerprint density at radius 2 is 1.90 bits per heavy atom. The van der Waals surface area contributed by atoms with Crippen molar-refractivity contribution in [3.8, 4) is 11.8 Å². The van der Waals surface area contributed by atoms with Crippen molar-refractivity contribution in [2.45, 2.75) is 19.6 Å². The maximum absolute atomic E-state index is 12.8. The highest BCUT2D eigenvalue weighted by Gasteiger charge is 2.30. The quantitative estimate of drug-likeness (QED) is 0.528. The number of hydrogen-bond acceptors (Lipinski definition) is 2. The second-order valence-corrected chi connectivity index (χ2v) is 7.33. The molecule has 0 saturated heterocycles. The Hall–Kier alpha value is -2.95. The van der Waals surface area contributed by atoms with E-state index in [1.165, 1.54) is 16.8 Å². The van der Waals surface area contributed by atoms with Gasteiger partial charge in [-0.3, -0.25) is 4.79 Å². The van der Waals surface area contributed by atoms with Gasteiger partial charge in [0.1, 0.15) is 5.15 Å². The first-order valence-corrected chi connectivity index (χ1v) is 9.83. The molecule has 0 bridgehead atoms. The minimum atomic E-state index is -4.44. The number of carbonyl (C=O) groups excluding carboxylic acids is 1. The van der Waals surface area contributed by atoms with E-state index in [1.807, 2.05) is 12.1 Å². The van der Waals surface area contributed by atoms with Gasteiger partial charge in [-0.25, -0.2) is 4.68 Å². The third kappa shape index (κ3) is 5.60. The molecule has 0 atom stereocenters. The Morgan fingerprint density at radius 3 is 2.61 bits per heavy atom. The minimum absolute atomic E-state index is 0.0689. The zero-order valence-electron chi connectivity index (χ0n) is 16.2. The number of amides is 1. The number of halogens is 5. The van der Waals surface area contributed by atoms with Gasteiger partial charge in [0, 0.05) is 10.6 Å². The van der Waals surface area contributed by atoms with Gasteiger partial charge in [0.15, 0.2) is 0 Å². The van der Waals surface area contributed by atoms with Crippen LogP contribution in [0.5, 0.6) is 0 Å². The standard InChI is InChI=1S/C22H16Cl2F3N3O/c1-14-19(20(24)30(29-14)13-16-8-2-3-10-18(16)23)21(31)28-11-5-7-15-6-4-9-17(12-15)22(25,26)27/h2-4,6,8-10,12H,11,13H2,1H3,(H,28,31). The number of carbonyl (C=O) groups is 1. The molecule has 3 rings (SSSR count). The smallest absolute Gasteiger partial charge is 0.341 e. The Morgan fingerprint density at radius 1 is 1.16 bits per heavy atom. The summed E-state index contributed by atoms with van der Waals surface area (Å²) >= 11 is 12.5. The molecule has 0 aliphatic carbocycles. The van der Waals surface area contributed by atoms with E-state index in [2.05, 4.69) is 22.3 Å². The molecule has 1 amide bonds. The summed E-state index contributed by atoms with van der Waals surface area (Å²) < 4.78 is 39.7. The maximum atomic E-state index is 12.8. The summed E-state index contributed by atoms with van der Waals surface area (Å²) in [5.74, 6) is 4.76. The predicted octanol–water partition coefficient (Wildman–Crippen LogP) is 5.35. The van der Waals surface area contributed by atoms with Crippen molar-refractivity contribution < 1.29 is 18.0 Å². The first kappa shape index (κ1) is 22.7. The van der Waals surface area contributed by atoms with Crippen molar-refractivity contribution in [3.05, 3.63) is 86.7 Å². The summed E-state index contributed by atoms with van der Waals surface area (Å²) in [5.41, 5.74) is 0.852. The summed E-state index contributed by atoms with van der Waals surface area (Å²) in [6, 6.07) is 11.9. The van der Waals surface area contributed by atoms with Crippen LogP contribution in [-0.2, 0) is 12.7 Å². The normalized spacial score (nSPS) is 11.0. The Balaban J connectivity index is 1.68. The van der Waals surface area contributed by atoms with Crippen molar-refractivity contribution >= 4 is 29.1 Å². The van der Waals surface area contributed by atoms with Crippen molar-refractivity contribution in [2.24, 2.45) is 0 Å². The molecule has 1 aromatic heterocycles. The Bertz CT molecular complexity index is 1180. The molecule has 3 aromatic rings. The van der Waals surface area contributed by atoms with E-state index >= 15 is 0 Å². The van der Waals surface area contributed by atoms with Gasteiger partial charge in [-0.2, -0.15) is 18.3 Å². The molecule has 0 aliphatic heterocycles. The zero-order chi connectivity index (χ0) is 22.6.